The van der Waals surface area contributed by atoms with E-state index >= 15 is 0 Å². The van der Waals surface area contributed by atoms with E-state index in [1.807, 2.05) is 0 Å². The fourth-order valence-corrected chi connectivity index (χ4v) is 3.12. The summed E-state index contributed by atoms with van der Waals surface area (Å²) in [6, 6.07) is 11.0. The highest BCUT2D eigenvalue weighted by atomic mass is 19.1. The monoisotopic (exact) mass is 386 g/mol. The first-order chi connectivity index (χ1) is 13.5. The maximum Gasteiger partial charge on any atom is 0.256 e. The average molecular weight is 386 g/mol. The molecule has 28 heavy (non-hydrogen) atoms. The highest BCUT2D eigenvalue weighted by Crippen LogP contribution is 2.14. The van der Waals surface area contributed by atoms with Crippen molar-refractivity contribution in [1.82, 2.24) is 9.80 Å². The van der Waals surface area contributed by atoms with E-state index in [1.54, 1.807) is 11.0 Å². The SMILES string of the molecule is O=C(CCC(=O)N1CCN(C(=O)c2ccccc2F)CC1)c1ccc(F)cc1. The molecule has 0 atom stereocenters. The minimum Gasteiger partial charge on any atom is -0.339 e. The molecule has 5 nitrogen and oxygen atoms in total. The summed E-state index contributed by atoms with van der Waals surface area (Å²) < 4.78 is 26.7. The number of ketones is 1. The number of Topliss-reactive ketones (excluding diaryl/α,β-unsaturated/α-hetero) is 1. The second-order valence-electron chi connectivity index (χ2n) is 6.58. The number of benzene rings is 2. The van der Waals surface area contributed by atoms with E-state index in [9.17, 15) is 23.2 Å². The molecule has 0 saturated carbocycles. The Labute approximate surface area is 161 Å². The highest BCUT2D eigenvalue weighted by Gasteiger charge is 2.26. The van der Waals surface area contributed by atoms with E-state index in [4.69, 9.17) is 0 Å². The van der Waals surface area contributed by atoms with Crippen molar-refractivity contribution in [3.05, 3.63) is 71.3 Å². The summed E-state index contributed by atoms with van der Waals surface area (Å²) >= 11 is 0. The van der Waals surface area contributed by atoms with E-state index in [0.717, 1.165) is 0 Å². The summed E-state index contributed by atoms with van der Waals surface area (Å²) in [6.07, 6.45) is 0.0936. The zero-order chi connectivity index (χ0) is 20.1. The van der Waals surface area contributed by atoms with E-state index < -0.39 is 17.5 Å². The zero-order valence-corrected chi connectivity index (χ0v) is 15.2. The van der Waals surface area contributed by atoms with Crippen molar-refractivity contribution in [2.75, 3.05) is 26.2 Å². The van der Waals surface area contributed by atoms with E-state index in [2.05, 4.69) is 0 Å². The second kappa shape index (κ2) is 8.73. The van der Waals surface area contributed by atoms with Gasteiger partial charge in [-0.3, -0.25) is 14.4 Å². The Balaban J connectivity index is 1.48. The lowest BCUT2D eigenvalue weighted by Gasteiger charge is -2.35. The third-order valence-corrected chi connectivity index (χ3v) is 4.76. The van der Waals surface area contributed by atoms with Crippen LogP contribution in [0, 0.1) is 11.6 Å². The van der Waals surface area contributed by atoms with Crippen LogP contribution in [0.2, 0.25) is 0 Å². The van der Waals surface area contributed by atoms with Crippen molar-refractivity contribution in [2.24, 2.45) is 0 Å². The van der Waals surface area contributed by atoms with Crippen LogP contribution in [0.1, 0.15) is 33.6 Å². The number of amides is 2. The topological polar surface area (TPSA) is 57.7 Å². The van der Waals surface area contributed by atoms with Gasteiger partial charge in [0.2, 0.25) is 5.91 Å². The van der Waals surface area contributed by atoms with Gasteiger partial charge in [0.05, 0.1) is 5.56 Å². The molecule has 1 aliphatic heterocycles. The molecule has 2 amide bonds. The van der Waals surface area contributed by atoms with Crippen LogP contribution in [0.25, 0.3) is 0 Å². The van der Waals surface area contributed by atoms with Crippen LogP contribution in [0.3, 0.4) is 0 Å². The molecule has 2 aromatic rings. The quantitative estimate of drug-likeness (QED) is 0.743. The summed E-state index contributed by atoms with van der Waals surface area (Å²) in [4.78, 5) is 40.0. The van der Waals surface area contributed by atoms with Crippen LogP contribution >= 0.6 is 0 Å². The summed E-state index contributed by atoms with van der Waals surface area (Å²) in [5.41, 5.74) is 0.390. The maximum atomic E-state index is 13.8. The molecule has 0 N–H and O–H groups in total. The first-order valence-electron chi connectivity index (χ1n) is 9.06. The molecular formula is C21H20F2N2O3. The maximum absolute atomic E-state index is 13.8. The van der Waals surface area contributed by atoms with Gasteiger partial charge in [0.15, 0.2) is 5.78 Å². The molecule has 1 fully saturated rings. The second-order valence-corrected chi connectivity index (χ2v) is 6.58. The Kier molecular flexibility index (Phi) is 6.13. The van der Waals surface area contributed by atoms with Crippen molar-refractivity contribution in [2.45, 2.75) is 12.8 Å². The number of carbonyl (C=O) groups is 3. The molecule has 0 bridgehead atoms. The third-order valence-electron chi connectivity index (χ3n) is 4.76. The standard InChI is InChI=1S/C21H20F2N2O3/c22-16-7-5-15(6-8-16)19(26)9-10-20(27)24-11-13-25(14-12-24)21(28)17-3-1-2-4-18(17)23/h1-8H,9-14H2. The van der Waals surface area contributed by atoms with E-state index in [1.165, 1.54) is 47.4 Å². The minimum absolute atomic E-state index is 0.0205. The first kappa shape index (κ1) is 19.7. The van der Waals surface area contributed by atoms with Gasteiger partial charge < -0.3 is 9.80 Å². The van der Waals surface area contributed by atoms with Crippen molar-refractivity contribution >= 4 is 17.6 Å². The number of hydrogen-bond donors (Lipinski definition) is 0. The Morgan fingerprint density at radius 1 is 0.786 bits per heavy atom. The van der Waals surface area contributed by atoms with Crippen molar-refractivity contribution in [3.63, 3.8) is 0 Å². The van der Waals surface area contributed by atoms with Crippen molar-refractivity contribution < 1.29 is 23.2 Å². The molecule has 0 radical (unpaired) electrons. The zero-order valence-electron chi connectivity index (χ0n) is 15.2. The van der Waals surface area contributed by atoms with Crippen molar-refractivity contribution in [1.29, 1.82) is 0 Å². The Morgan fingerprint density at radius 3 is 2.04 bits per heavy atom. The van der Waals surface area contributed by atoms with Crippen molar-refractivity contribution in [3.8, 4) is 0 Å². The molecule has 1 aliphatic rings. The summed E-state index contributed by atoms with van der Waals surface area (Å²) in [5.74, 6) is -1.77. The molecule has 7 heteroatoms. The lowest BCUT2D eigenvalue weighted by atomic mass is 10.1. The van der Waals surface area contributed by atoms with Gasteiger partial charge in [0.1, 0.15) is 11.6 Å². The number of piperazine rings is 1. The normalized spacial score (nSPS) is 14.1. The molecule has 0 aliphatic carbocycles. The van der Waals surface area contributed by atoms with Crippen LogP contribution in [-0.2, 0) is 4.79 Å². The molecular weight excluding hydrogens is 366 g/mol. The number of hydrogen-bond acceptors (Lipinski definition) is 3. The predicted molar refractivity (Wildman–Crippen MR) is 98.8 cm³/mol. The first-order valence-corrected chi connectivity index (χ1v) is 9.06. The van der Waals surface area contributed by atoms with Gasteiger partial charge in [-0.25, -0.2) is 8.78 Å². The molecule has 2 aromatic carbocycles. The van der Waals surface area contributed by atoms with Gasteiger partial charge in [0, 0.05) is 44.6 Å². The largest absolute Gasteiger partial charge is 0.339 e. The minimum atomic E-state index is -0.565. The van der Waals surface area contributed by atoms with Crippen LogP contribution in [0.4, 0.5) is 8.78 Å². The van der Waals surface area contributed by atoms with E-state index in [0.29, 0.717) is 31.7 Å². The lowest BCUT2D eigenvalue weighted by molar-refractivity contribution is -0.132. The molecule has 146 valence electrons. The van der Waals surface area contributed by atoms with Gasteiger partial charge in [-0.05, 0) is 36.4 Å². The molecule has 1 heterocycles. The molecule has 1 saturated heterocycles. The summed E-state index contributed by atoms with van der Waals surface area (Å²) in [7, 11) is 0. The number of rotatable bonds is 5. The summed E-state index contributed by atoms with van der Waals surface area (Å²) in [5, 5.41) is 0. The van der Waals surface area contributed by atoms with Gasteiger partial charge >= 0.3 is 0 Å². The smallest absolute Gasteiger partial charge is 0.256 e. The predicted octanol–water partition coefficient (Wildman–Crippen LogP) is 2.91. The Morgan fingerprint density at radius 2 is 1.39 bits per heavy atom. The van der Waals surface area contributed by atoms with Crippen LogP contribution < -0.4 is 0 Å². The van der Waals surface area contributed by atoms with Crippen LogP contribution in [0.5, 0.6) is 0 Å². The van der Waals surface area contributed by atoms with Crippen LogP contribution in [-0.4, -0.2) is 53.6 Å². The number of nitrogens with zero attached hydrogens (tertiary/aromatic N) is 2. The van der Waals surface area contributed by atoms with Gasteiger partial charge in [0.25, 0.3) is 5.91 Å². The van der Waals surface area contributed by atoms with Gasteiger partial charge in [-0.2, -0.15) is 0 Å². The van der Waals surface area contributed by atoms with Gasteiger partial charge in [-0.15, -0.1) is 0 Å². The van der Waals surface area contributed by atoms with Gasteiger partial charge in [-0.1, -0.05) is 12.1 Å². The fraction of sp³-hybridized carbons (Fsp3) is 0.286. The fourth-order valence-electron chi connectivity index (χ4n) is 3.12. The summed E-state index contributed by atoms with van der Waals surface area (Å²) in [6.45, 7) is 1.29. The average Bonchev–Trinajstić information content (AvgIpc) is 2.72. The lowest BCUT2D eigenvalue weighted by Crippen LogP contribution is -2.50. The Hall–Kier alpha value is -3.09. The van der Waals surface area contributed by atoms with Crippen LogP contribution in [0.15, 0.2) is 48.5 Å². The molecule has 0 spiro atoms. The molecule has 0 unspecified atom stereocenters. The molecule has 3 rings (SSSR count). The highest BCUT2D eigenvalue weighted by molar-refractivity contribution is 5.98. The number of halogens is 2. The third kappa shape index (κ3) is 4.60. The van der Waals surface area contributed by atoms with E-state index in [-0.39, 0.29) is 30.1 Å². The Bertz CT molecular complexity index is 875. The molecule has 0 aromatic heterocycles. The number of carbonyl (C=O) groups excluding carboxylic acids is 3.